The molecule has 0 bridgehead atoms. The average molecular weight is 279 g/mol. The number of carbonyl (C=O) groups is 1. The number of hydrazine groups is 1. The Morgan fingerprint density at radius 3 is 2.85 bits per heavy atom. The first-order chi connectivity index (χ1) is 9.79. The fourth-order valence-corrected chi connectivity index (χ4v) is 2.03. The Morgan fingerprint density at radius 2 is 2.20 bits per heavy atom. The molecule has 1 aliphatic heterocycles. The van der Waals surface area contributed by atoms with E-state index in [1.54, 1.807) is 12.1 Å². The van der Waals surface area contributed by atoms with Crippen LogP contribution < -0.4 is 16.6 Å². The maximum Gasteiger partial charge on any atom is 0.269 e. The van der Waals surface area contributed by atoms with E-state index < -0.39 is 0 Å². The fraction of sp³-hybridized carbons (Fsp3) is 0.538. The largest absolute Gasteiger partial charge is 0.379 e. The summed E-state index contributed by atoms with van der Waals surface area (Å²) >= 11 is 0. The Kier molecular flexibility index (Phi) is 5.72. The van der Waals surface area contributed by atoms with Crippen molar-refractivity contribution in [2.24, 2.45) is 5.84 Å². The highest BCUT2D eigenvalue weighted by atomic mass is 16.5. The van der Waals surface area contributed by atoms with Crippen molar-refractivity contribution in [3.05, 3.63) is 24.0 Å². The van der Waals surface area contributed by atoms with Gasteiger partial charge in [0.25, 0.3) is 5.91 Å². The highest BCUT2D eigenvalue weighted by Gasteiger charge is 2.10. The van der Waals surface area contributed by atoms with Crippen LogP contribution in [0.4, 0.5) is 5.69 Å². The number of nitrogen functional groups attached to an aromatic ring is 1. The highest BCUT2D eigenvalue weighted by Crippen LogP contribution is 2.04. The number of carbonyl (C=O) groups excluding carboxylic acids is 1. The molecule has 7 heteroatoms. The molecule has 0 spiro atoms. The summed E-state index contributed by atoms with van der Waals surface area (Å²) in [6.07, 6.45) is 2.46. The first kappa shape index (κ1) is 14.7. The molecule has 1 aromatic heterocycles. The van der Waals surface area contributed by atoms with E-state index in [4.69, 9.17) is 10.6 Å². The molecule has 0 unspecified atom stereocenters. The van der Waals surface area contributed by atoms with Crippen LogP contribution in [0.1, 0.15) is 16.9 Å². The lowest BCUT2D eigenvalue weighted by Gasteiger charge is -2.26. The second kappa shape index (κ2) is 7.78. The molecule has 1 fully saturated rings. The van der Waals surface area contributed by atoms with E-state index in [9.17, 15) is 4.79 Å². The topological polar surface area (TPSA) is 92.5 Å². The van der Waals surface area contributed by atoms with Crippen LogP contribution in [0.3, 0.4) is 0 Å². The number of morpholine rings is 1. The molecule has 0 saturated carbocycles. The van der Waals surface area contributed by atoms with Crippen molar-refractivity contribution in [3.8, 4) is 0 Å². The van der Waals surface area contributed by atoms with Crippen molar-refractivity contribution in [2.75, 3.05) is 44.8 Å². The van der Waals surface area contributed by atoms with Crippen LogP contribution in [0.2, 0.25) is 0 Å². The number of hydrogen-bond donors (Lipinski definition) is 3. The van der Waals surface area contributed by atoms with Gasteiger partial charge in [0, 0.05) is 19.6 Å². The van der Waals surface area contributed by atoms with E-state index in [2.05, 4.69) is 20.6 Å². The van der Waals surface area contributed by atoms with Crippen molar-refractivity contribution in [3.63, 3.8) is 0 Å². The van der Waals surface area contributed by atoms with Crippen LogP contribution >= 0.6 is 0 Å². The van der Waals surface area contributed by atoms with Crippen molar-refractivity contribution in [1.29, 1.82) is 0 Å². The summed E-state index contributed by atoms with van der Waals surface area (Å²) in [5, 5.41) is 2.86. The zero-order chi connectivity index (χ0) is 14.2. The molecule has 20 heavy (non-hydrogen) atoms. The van der Waals surface area contributed by atoms with Gasteiger partial charge in [0.1, 0.15) is 5.69 Å². The smallest absolute Gasteiger partial charge is 0.269 e. The number of nitrogens with zero attached hydrogens (tertiary/aromatic N) is 2. The van der Waals surface area contributed by atoms with Crippen LogP contribution in [0.5, 0.6) is 0 Å². The van der Waals surface area contributed by atoms with Gasteiger partial charge in [0.15, 0.2) is 0 Å². The Morgan fingerprint density at radius 1 is 1.40 bits per heavy atom. The summed E-state index contributed by atoms with van der Waals surface area (Å²) in [6, 6.07) is 3.36. The summed E-state index contributed by atoms with van der Waals surface area (Å²) in [4.78, 5) is 18.2. The van der Waals surface area contributed by atoms with Crippen LogP contribution in [0, 0.1) is 0 Å². The SMILES string of the molecule is NNc1ccc(C(=O)NCCCN2CCOCC2)nc1. The Bertz CT molecular complexity index is 417. The molecular formula is C13H21N5O2. The number of anilines is 1. The zero-order valence-corrected chi connectivity index (χ0v) is 11.5. The predicted octanol–water partition coefficient (Wildman–Crippen LogP) is -0.181. The minimum Gasteiger partial charge on any atom is -0.379 e. The molecule has 2 heterocycles. The lowest BCUT2D eigenvalue weighted by atomic mass is 10.3. The molecule has 2 rings (SSSR count). The third-order valence-corrected chi connectivity index (χ3v) is 3.20. The second-order valence-electron chi connectivity index (χ2n) is 4.64. The summed E-state index contributed by atoms with van der Waals surface area (Å²) in [6.45, 7) is 5.18. The highest BCUT2D eigenvalue weighted by molar-refractivity contribution is 5.92. The van der Waals surface area contributed by atoms with Gasteiger partial charge in [-0.2, -0.15) is 0 Å². The van der Waals surface area contributed by atoms with E-state index in [-0.39, 0.29) is 5.91 Å². The van der Waals surface area contributed by atoms with Gasteiger partial charge in [-0.05, 0) is 25.1 Å². The average Bonchev–Trinajstić information content (AvgIpc) is 2.52. The lowest BCUT2D eigenvalue weighted by Crippen LogP contribution is -2.38. The zero-order valence-electron chi connectivity index (χ0n) is 11.5. The van der Waals surface area contributed by atoms with E-state index in [1.807, 2.05) is 0 Å². The van der Waals surface area contributed by atoms with Gasteiger partial charge >= 0.3 is 0 Å². The standard InChI is InChI=1S/C13H21N5O2/c14-17-11-2-3-12(16-10-11)13(19)15-4-1-5-18-6-8-20-9-7-18/h2-3,10,17H,1,4-9,14H2,(H,15,19). The van der Waals surface area contributed by atoms with Crippen LogP contribution in [0.25, 0.3) is 0 Å². The van der Waals surface area contributed by atoms with Crippen molar-refractivity contribution in [2.45, 2.75) is 6.42 Å². The van der Waals surface area contributed by atoms with Gasteiger partial charge in [-0.1, -0.05) is 0 Å². The monoisotopic (exact) mass is 279 g/mol. The number of nitrogens with two attached hydrogens (primary N) is 1. The van der Waals surface area contributed by atoms with Gasteiger partial charge in [0.2, 0.25) is 0 Å². The van der Waals surface area contributed by atoms with Gasteiger partial charge in [-0.25, -0.2) is 4.98 Å². The normalized spacial score (nSPS) is 15.8. The molecule has 1 saturated heterocycles. The summed E-state index contributed by atoms with van der Waals surface area (Å²) in [5.41, 5.74) is 3.55. The molecule has 4 N–H and O–H groups in total. The molecule has 0 aromatic carbocycles. The van der Waals surface area contributed by atoms with Gasteiger partial charge in [-0.3, -0.25) is 15.5 Å². The fourth-order valence-electron chi connectivity index (χ4n) is 2.03. The van der Waals surface area contributed by atoms with Crippen LogP contribution in [-0.4, -0.2) is 55.2 Å². The molecule has 1 aromatic rings. The quantitative estimate of drug-likeness (QED) is 0.380. The minimum absolute atomic E-state index is 0.157. The predicted molar refractivity (Wildman–Crippen MR) is 76.3 cm³/mol. The third-order valence-electron chi connectivity index (χ3n) is 3.20. The van der Waals surface area contributed by atoms with Crippen molar-refractivity contribution >= 4 is 11.6 Å². The van der Waals surface area contributed by atoms with E-state index in [0.29, 0.717) is 17.9 Å². The van der Waals surface area contributed by atoms with Crippen LogP contribution in [-0.2, 0) is 4.74 Å². The van der Waals surface area contributed by atoms with E-state index in [0.717, 1.165) is 39.3 Å². The molecule has 0 aliphatic carbocycles. The third kappa shape index (κ3) is 4.44. The Balaban J connectivity index is 1.66. The summed E-state index contributed by atoms with van der Waals surface area (Å²) < 4.78 is 5.29. The number of ether oxygens (including phenoxy) is 1. The Hall–Kier alpha value is -1.70. The number of nitrogens with one attached hydrogen (secondary N) is 2. The number of amides is 1. The van der Waals surface area contributed by atoms with Gasteiger partial charge in [0.05, 0.1) is 25.1 Å². The van der Waals surface area contributed by atoms with Crippen molar-refractivity contribution in [1.82, 2.24) is 15.2 Å². The molecular weight excluding hydrogens is 258 g/mol. The number of hydrogen-bond acceptors (Lipinski definition) is 6. The summed E-state index contributed by atoms with van der Waals surface area (Å²) in [5.74, 6) is 5.08. The summed E-state index contributed by atoms with van der Waals surface area (Å²) in [7, 11) is 0. The van der Waals surface area contributed by atoms with E-state index >= 15 is 0 Å². The molecule has 7 nitrogen and oxygen atoms in total. The Labute approximate surface area is 118 Å². The molecule has 0 atom stereocenters. The number of rotatable bonds is 6. The number of pyridine rings is 1. The molecule has 1 aliphatic rings. The maximum absolute atomic E-state index is 11.8. The van der Waals surface area contributed by atoms with Gasteiger partial charge in [-0.15, -0.1) is 0 Å². The second-order valence-corrected chi connectivity index (χ2v) is 4.64. The van der Waals surface area contributed by atoms with E-state index in [1.165, 1.54) is 6.20 Å². The first-order valence-corrected chi connectivity index (χ1v) is 6.80. The molecule has 110 valence electrons. The maximum atomic E-state index is 11.8. The number of aromatic nitrogens is 1. The minimum atomic E-state index is -0.157. The van der Waals surface area contributed by atoms with Crippen molar-refractivity contribution < 1.29 is 9.53 Å². The molecule has 0 radical (unpaired) electrons. The first-order valence-electron chi connectivity index (χ1n) is 6.80. The van der Waals surface area contributed by atoms with Crippen LogP contribution in [0.15, 0.2) is 18.3 Å². The lowest BCUT2D eigenvalue weighted by molar-refractivity contribution is 0.0374. The van der Waals surface area contributed by atoms with Gasteiger partial charge < -0.3 is 15.5 Å². The molecule has 1 amide bonds.